The Labute approximate surface area is 50.3 Å². The Morgan fingerprint density at radius 2 is 2.25 bits per heavy atom. The van der Waals surface area contributed by atoms with Crippen LogP contribution in [-0.2, 0) is 0 Å². The number of allylic oxidation sites excluding steroid dienone is 2. The molecule has 0 aliphatic rings. The number of aliphatic hydroxyl groups excluding tert-OH is 1. The summed E-state index contributed by atoms with van der Waals surface area (Å²) in [5.41, 5.74) is 1.15. The fourth-order valence-electron chi connectivity index (χ4n) is 0.386. The van der Waals surface area contributed by atoms with E-state index in [1.54, 1.807) is 6.08 Å². The molecule has 0 heterocycles. The van der Waals surface area contributed by atoms with E-state index in [1.807, 2.05) is 13.8 Å². The van der Waals surface area contributed by atoms with Crippen molar-refractivity contribution in [2.75, 3.05) is 0 Å². The summed E-state index contributed by atoms with van der Waals surface area (Å²) in [6.45, 7) is 7.32. The zero-order valence-corrected chi connectivity index (χ0v) is 5.44. The van der Waals surface area contributed by atoms with Gasteiger partial charge < -0.3 is 5.11 Å². The van der Waals surface area contributed by atoms with E-state index < -0.39 is 0 Å². The van der Waals surface area contributed by atoms with Crippen LogP contribution in [0.1, 0.15) is 20.3 Å². The Morgan fingerprint density at radius 1 is 1.75 bits per heavy atom. The van der Waals surface area contributed by atoms with Crippen LogP contribution in [0.3, 0.4) is 0 Å². The van der Waals surface area contributed by atoms with Gasteiger partial charge in [0.2, 0.25) is 0 Å². The van der Waals surface area contributed by atoms with Crippen LogP contribution in [0.2, 0.25) is 0 Å². The lowest BCUT2D eigenvalue weighted by Crippen LogP contribution is -1.73. The highest BCUT2D eigenvalue weighted by atomic mass is 16.3. The minimum absolute atomic E-state index is 0.143. The van der Waals surface area contributed by atoms with Gasteiger partial charge in [-0.3, -0.25) is 0 Å². The van der Waals surface area contributed by atoms with Crippen molar-refractivity contribution >= 4 is 0 Å². The van der Waals surface area contributed by atoms with Crippen LogP contribution in [0, 0.1) is 0 Å². The molecule has 0 radical (unpaired) electrons. The van der Waals surface area contributed by atoms with Crippen LogP contribution < -0.4 is 0 Å². The zero-order chi connectivity index (χ0) is 6.57. The molecule has 0 aromatic heterocycles. The summed E-state index contributed by atoms with van der Waals surface area (Å²) in [4.78, 5) is 0. The van der Waals surface area contributed by atoms with Crippen molar-refractivity contribution in [3.8, 4) is 0 Å². The highest BCUT2D eigenvalue weighted by Crippen LogP contribution is 1.99. The second-order valence-corrected chi connectivity index (χ2v) is 1.84. The summed E-state index contributed by atoms with van der Waals surface area (Å²) in [6.07, 6.45) is 2.64. The quantitative estimate of drug-likeness (QED) is 0.429. The maximum absolute atomic E-state index is 8.58. The molecule has 1 N–H and O–H groups in total. The first kappa shape index (κ1) is 7.28. The van der Waals surface area contributed by atoms with Crippen LogP contribution in [-0.4, -0.2) is 5.11 Å². The van der Waals surface area contributed by atoms with Crippen molar-refractivity contribution in [2.24, 2.45) is 0 Å². The third-order valence-electron chi connectivity index (χ3n) is 0.971. The maximum atomic E-state index is 8.58. The Hall–Kier alpha value is -0.720. The largest absolute Gasteiger partial charge is 0.509 e. The predicted octanol–water partition coefficient (Wildman–Crippen LogP) is 2.41. The average molecular weight is 112 g/mol. The van der Waals surface area contributed by atoms with Gasteiger partial charge in [-0.05, 0) is 19.4 Å². The molecule has 0 saturated heterocycles. The second kappa shape index (κ2) is 3.30. The van der Waals surface area contributed by atoms with Crippen LogP contribution in [0.4, 0.5) is 0 Å². The molecule has 46 valence electrons. The first-order valence-electron chi connectivity index (χ1n) is 2.72. The molecule has 0 unspecified atom stereocenters. The lowest BCUT2D eigenvalue weighted by molar-refractivity contribution is 0.434. The molecular weight excluding hydrogens is 100 g/mol. The first-order valence-corrected chi connectivity index (χ1v) is 2.72. The molecule has 1 nitrogen and oxygen atoms in total. The molecule has 0 aromatic carbocycles. The molecule has 0 spiro atoms. The highest BCUT2D eigenvalue weighted by molar-refractivity contribution is 5.12. The monoisotopic (exact) mass is 112 g/mol. The molecule has 0 aliphatic carbocycles. The fourth-order valence-corrected chi connectivity index (χ4v) is 0.386. The minimum atomic E-state index is 0.143. The van der Waals surface area contributed by atoms with Gasteiger partial charge in [0.05, 0.1) is 0 Å². The SMILES string of the molecule is C=C(O)/C=C(/C)CC. The van der Waals surface area contributed by atoms with Gasteiger partial charge in [-0.2, -0.15) is 0 Å². The smallest absolute Gasteiger partial charge is 0.108 e. The van der Waals surface area contributed by atoms with E-state index in [2.05, 4.69) is 6.58 Å². The van der Waals surface area contributed by atoms with Crippen molar-refractivity contribution in [1.29, 1.82) is 0 Å². The molecule has 0 aliphatic heterocycles. The van der Waals surface area contributed by atoms with Gasteiger partial charge in [0, 0.05) is 0 Å². The van der Waals surface area contributed by atoms with Gasteiger partial charge in [-0.15, -0.1) is 0 Å². The van der Waals surface area contributed by atoms with Crippen molar-refractivity contribution in [3.63, 3.8) is 0 Å². The van der Waals surface area contributed by atoms with Crippen LogP contribution in [0.15, 0.2) is 24.0 Å². The molecule has 8 heavy (non-hydrogen) atoms. The van der Waals surface area contributed by atoms with E-state index in [0.717, 1.165) is 12.0 Å². The van der Waals surface area contributed by atoms with Gasteiger partial charge in [0.1, 0.15) is 5.76 Å². The lowest BCUT2D eigenvalue weighted by Gasteiger charge is -1.91. The van der Waals surface area contributed by atoms with Crippen molar-refractivity contribution in [3.05, 3.63) is 24.0 Å². The van der Waals surface area contributed by atoms with E-state index in [9.17, 15) is 0 Å². The van der Waals surface area contributed by atoms with E-state index in [0.29, 0.717) is 0 Å². The number of rotatable bonds is 2. The van der Waals surface area contributed by atoms with E-state index in [1.165, 1.54) is 0 Å². The molecule has 0 rings (SSSR count). The van der Waals surface area contributed by atoms with Crippen molar-refractivity contribution in [2.45, 2.75) is 20.3 Å². The minimum Gasteiger partial charge on any atom is -0.509 e. The number of hydrogen-bond acceptors (Lipinski definition) is 1. The first-order chi connectivity index (χ1) is 3.66. The van der Waals surface area contributed by atoms with Gasteiger partial charge in [0.15, 0.2) is 0 Å². The van der Waals surface area contributed by atoms with Gasteiger partial charge in [-0.25, -0.2) is 0 Å². The topological polar surface area (TPSA) is 20.2 Å². The van der Waals surface area contributed by atoms with Gasteiger partial charge in [0.25, 0.3) is 0 Å². The maximum Gasteiger partial charge on any atom is 0.108 e. The molecule has 0 fully saturated rings. The fraction of sp³-hybridized carbons (Fsp3) is 0.429. The zero-order valence-electron chi connectivity index (χ0n) is 5.44. The Balaban J connectivity index is 3.75. The third-order valence-corrected chi connectivity index (χ3v) is 0.971. The van der Waals surface area contributed by atoms with Crippen LogP contribution in [0.25, 0.3) is 0 Å². The van der Waals surface area contributed by atoms with Gasteiger partial charge >= 0.3 is 0 Å². The second-order valence-electron chi connectivity index (χ2n) is 1.84. The molecule has 0 bridgehead atoms. The van der Waals surface area contributed by atoms with Crippen molar-refractivity contribution in [1.82, 2.24) is 0 Å². The molecule has 1 heteroatoms. The summed E-state index contributed by atoms with van der Waals surface area (Å²) in [6, 6.07) is 0. The highest BCUT2D eigenvalue weighted by Gasteiger charge is 1.82. The van der Waals surface area contributed by atoms with Gasteiger partial charge in [-0.1, -0.05) is 19.1 Å². The average Bonchev–Trinajstić information content (AvgIpc) is 1.65. The van der Waals surface area contributed by atoms with E-state index >= 15 is 0 Å². The van der Waals surface area contributed by atoms with Crippen molar-refractivity contribution < 1.29 is 5.11 Å². The molecule has 0 amide bonds. The Kier molecular flexibility index (Phi) is 3.01. The van der Waals surface area contributed by atoms with E-state index in [-0.39, 0.29) is 5.76 Å². The van der Waals surface area contributed by atoms with Crippen LogP contribution >= 0.6 is 0 Å². The summed E-state index contributed by atoms with van der Waals surface area (Å²) >= 11 is 0. The number of aliphatic hydroxyl groups is 1. The Morgan fingerprint density at radius 3 is 2.38 bits per heavy atom. The summed E-state index contributed by atoms with van der Waals surface area (Å²) < 4.78 is 0. The Bertz CT molecular complexity index is 112. The summed E-state index contributed by atoms with van der Waals surface area (Å²) in [5.74, 6) is 0.143. The molecule has 0 aromatic rings. The summed E-state index contributed by atoms with van der Waals surface area (Å²) in [7, 11) is 0. The molecule has 0 saturated carbocycles. The third kappa shape index (κ3) is 3.47. The normalized spacial score (nSPS) is 11.5. The molecule has 0 atom stereocenters. The predicted molar refractivity (Wildman–Crippen MR) is 35.8 cm³/mol. The van der Waals surface area contributed by atoms with E-state index in [4.69, 9.17) is 5.11 Å². The lowest BCUT2D eigenvalue weighted by atomic mass is 10.2. The number of hydrogen-bond donors (Lipinski definition) is 1. The standard InChI is InChI=1S/C7H12O/c1-4-6(2)5-7(3)8/h5,8H,3-4H2,1-2H3/b6-5-. The molecular formula is C7H12O. The van der Waals surface area contributed by atoms with Crippen LogP contribution in [0.5, 0.6) is 0 Å². The summed E-state index contributed by atoms with van der Waals surface area (Å²) in [5, 5.41) is 8.58.